The van der Waals surface area contributed by atoms with Crippen molar-refractivity contribution in [1.29, 1.82) is 0 Å². The predicted octanol–water partition coefficient (Wildman–Crippen LogP) is 4.15. The normalized spacial score (nSPS) is 13.6. The maximum Gasteiger partial charge on any atom is 0.193 e. The van der Waals surface area contributed by atoms with Gasteiger partial charge in [0.2, 0.25) is 0 Å². The first kappa shape index (κ1) is 21.4. The number of hydrogen-bond acceptors (Lipinski definition) is 2. The molecule has 0 amide bonds. The molecule has 25 heavy (non-hydrogen) atoms. The van der Waals surface area contributed by atoms with Gasteiger partial charge in [0.25, 0.3) is 0 Å². The van der Waals surface area contributed by atoms with E-state index in [4.69, 9.17) is 5.73 Å². The minimum absolute atomic E-state index is 0. The molecule has 0 saturated heterocycles. The molecule has 2 unspecified atom stereocenters. The second kappa shape index (κ2) is 11.1. The van der Waals surface area contributed by atoms with Crippen molar-refractivity contribution in [3.05, 3.63) is 65.7 Å². The molecule has 2 atom stereocenters. The fraction of sp³-hybridized carbons (Fsp3) is 0.350. The zero-order chi connectivity index (χ0) is 17.4. The van der Waals surface area contributed by atoms with Gasteiger partial charge in [0.15, 0.2) is 5.96 Å². The van der Waals surface area contributed by atoms with Crippen LogP contribution in [0.3, 0.4) is 0 Å². The van der Waals surface area contributed by atoms with Gasteiger partial charge in [-0.1, -0.05) is 49.4 Å². The lowest BCUT2D eigenvalue weighted by Crippen LogP contribution is -2.24. The van der Waals surface area contributed by atoms with E-state index in [1.165, 1.54) is 11.1 Å². The number of aliphatic hydroxyl groups is 1. The number of nitrogens with zero attached hydrogens (tertiary/aromatic N) is 1. The summed E-state index contributed by atoms with van der Waals surface area (Å²) in [7, 11) is 0. The zero-order valence-electron chi connectivity index (χ0n) is 14.9. The smallest absolute Gasteiger partial charge is 0.193 e. The Morgan fingerprint density at radius 2 is 1.76 bits per heavy atom. The fourth-order valence-corrected chi connectivity index (χ4v) is 2.67. The minimum atomic E-state index is -0.374. The minimum Gasteiger partial charge on any atom is -0.393 e. The molecule has 5 heteroatoms. The van der Waals surface area contributed by atoms with Crippen LogP contribution in [0.25, 0.3) is 0 Å². The molecule has 2 aromatic carbocycles. The van der Waals surface area contributed by atoms with Crippen LogP contribution in [0.1, 0.15) is 37.3 Å². The highest BCUT2D eigenvalue weighted by Gasteiger charge is 2.13. The lowest BCUT2D eigenvalue weighted by molar-refractivity contribution is 0.175. The molecule has 0 spiro atoms. The first-order valence-electron chi connectivity index (χ1n) is 8.47. The van der Waals surface area contributed by atoms with Crippen LogP contribution in [-0.4, -0.2) is 23.7 Å². The highest BCUT2D eigenvalue weighted by Crippen LogP contribution is 2.21. The Morgan fingerprint density at radius 3 is 2.32 bits per heavy atom. The highest BCUT2D eigenvalue weighted by atomic mass is 127. The molecule has 0 fully saturated rings. The third-order valence-electron chi connectivity index (χ3n) is 4.01. The third-order valence-corrected chi connectivity index (χ3v) is 4.01. The van der Waals surface area contributed by atoms with Crippen LogP contribution in [0.15, 0.2) is 59.6 Å². The summed E-state index contributed by atoms with van der Waals surface area (Å²) in [5.74, 6) is 0.541. The lowest BCUT2D eigenvalue weighted by Gasteiger charge is -2.17. The van der Waals surface area contributed by atoms with E-state index in [-0.39, 0.29) is 36.0 Å². The number of nitrogens with two attached hydrogens (primary N) is 1. The van der Waals surface area contributed by atoms with Crippen LogP contribution >= 0.6 is 24.0 Å². The van der Waals surface area contributed by atoms with Crippen LogP contribution in [0.4, 0.5) is 5.69 Å². The second-order valence-corrected chi connectivity index (χ2v) is 6.09. The summed E-state index contributed by atoms with van der Waals surface area (Å²) in [6.07, 6.45) is 1.30. The van der Waals surface area contributed by atoms with E-state index in [2.05, 4.69) is 41.5 Å². The van der Waals surface area contributed by atoms with Gasteiger partial charge in [-0.15, -0.1) is 24.0 Å². The molecular formula is C20H28IN3O. The number of nitrogens with one attached hydrogen (secondary N) is 1. The number of rotatable bonds is 7. The number of anilines is 1. The number of aryl methyl sites for hydroxylation is 1. The van der Waals surface area contributed by atoms with Gasteiger partial charge in [-0.2, -0.15) is 0 Å². The van der Waals surface area contributed by atoms with Crippen molar-refractivity contribution in [1.82, 2.24) is 0 Å². The third kappa shape index (κ3) is 7.44. The van der Waals surface area contributed by atoms with Gasteiger partial charge < -0.3 is 16.2 Å². The number of halogens is 1. The average molecular weight is 453 g/mol. The Bertz CT molecular complexity index is 642. The van der Waals surface area contributed by atoms with E-state index in [9.17, 15) is 5.11 Å². The van der Waals surface area contributed by atoms with Gasteiger partial charge in [-0.25, -0.2) is 0 Å². The molecule has 0 heterocycles. The summed E-state index contributed by atoms with van der Waals surface area (Å²) >= 11 is 0. The first-order valence-corrected chi connectivity index (χ1v) is 8.47. The number of hydrogen-bond donors (Lipinski definition) is 3. The zero-order valence-corrected chi connectivity index (χ0v) is 17.2. The van der Waals surface area contributed by atoms with Gasteiger partial charge in [0, 0.05) is 18.2 Å². The average Bonchev–Trinajstić information content (AvgIpc) is 2.59. The summed E-state index contributed by atoms with van der Waals surface area (Å²) in [6, 6.07) is 18.3. The van der Waals surface area contributed by atoms with E-state index < -0.39 is 0 Å². The van der Waals surface area contributed by atoms with Crippen LogP contribution in [0, 0.1) is 0 Å². The topological polar surface area (TPSA) is 70.6 Å². The number of benzene rings is 2. The van der Waals surface area contributed by atoms with Gasteiger partial charge in [0.1, 0.15) is 0 Å². The highest BCUT2D eigenvalue weighted by molar-refractivity contribution is 14.0. The van der Waals surface area contributed by atoms with Gasteiger partial charge in [-0.3, -0.25) is 4.99 Å². The Balaban J connectivity index is 0.00000312. The molecule has 0 aliphatic rings. The molecule has 0 bridgehead atoms. The van der Waals surface area contributed by atoms with Crippen molar-refractivity contribution in [2.75, 3.05) is 11.9 Å². The number of aliphatic imine (C=N–C) groups is 1. The maximum absolute atomic E-state index is 9.74. The van der Waals surface area contributed by atoms with Crippen LogP contribution in [0.5, 0.6) is 0 Å². The molecule has 2 rings (SSSR count). The Morgan fingerprint density at radius 1 is 1.12 bits per heavy atom. The molecule has 4 nitrogen and oxygen atoms in total. The van der Waals surface area contributed by atoms with Crippen molar-refractivity contribution in [2.45, 2.75) is 38.7 Å². The second-order valence-electron chi connectivity index (χ2n) is 6.09. The van der Waals surface area contributed by atoms with E-state index in [0.29, 0.717) is 18.9 Å². The number of aliphatic hydroxyl groups excluding tert-OH is 1. The summed E-state index contributed by atoms with van der Waals surface area (Å²) in [4.78, 5) is 4.46. The van der Waals surface area contributed by atoms with Gasteiger partial charge in [0.05, 0.1) is 6.10 Å². The van der Waals surface area contributed by atoms with E-state index in [1.54, 1.807) is 6.92 Å². The van der Waals surface area contributed by atoms with E-state index in [1.807, 2.05) is 30.3 Å². The van der Waals surface area contributed by atoms with Crippen LogP contribution in [0.2, 0.25) is 0 Å². The van der Waals surface area contributed by atoms with Crippen LogP contribution < -0.4 is 11.1 Å². The molecule has 0 aliphatic carbocycles. The maximum atomic E-state index is 9.74. The largest absolute Gasteiger partial charge is 0.393 e. The van der Waals surface area contributed by atoms with Crippen molar-refractivity contribution in [3.63, 3.8) is 0 Å². The molecule has 2 aromatic rings. The Hall–Kier alpha value is -1.60. The standard InChI is InChI=1S/C20H27N3O.HI/c1-3-16-9-11-19(12-10-16)23-20(21)22-14-18(13-15(2)24)17-7-5-4-6-8-17;/h4-12,15,18,24H,3,13-14H2,1-2H3,(H3,21,22,23);1H. The fourth-order valence-electron chi connectivity index (χ4n) is 2.67. The SMILES string of the molecule is CCc1ccc(NC(N)=NCC(CC(C)O)c2ccccc2)cc1.I. The Kier molecular flexibility index (Phi) is 9.52. The van der Waals surface area contributed by atoms with E-state index >= 15 is 0 Å². The number of guanidine groups is 1. The molecule has 0 saturated carbocycles. The van der Waals surface area contributed by atoms with Gasteiger partial charge in [-0.05, 0) is 43.0 Å². The first-order chi connectivity index (χ1) is 11.6. The van der Waals surface area contributed by atoms with Gasteiger partial charge >= 0.3 is 0 Å². The van der Waals surface area contributed by atoms with E-state index in [0.717, 1.165) is 12.1 Å². The summed E-state index contributed by atoms with van der Waals surface area (Å²) in [5, 5.41) is 12.9. The Labute approximate surface area is 167 Å². The molecular weight excluding hydrogens is 425 g/mol. The van der Waals surface area contributed by atoms with Crippen LogP contribution in [-0.2, 0) is 6.42 Å². The monoisotopic (exact) mass is 453 g/mol. The van der Waals surface area contributed by atoms with Crippen molar-refractivity contribution in [2.24, 2.45) is 10.7 Å². The predicted molar refractivity (Wildman–Crippen MR) is 117 cm³/mol. The molecule has 0 aliphatic heterocycles. The quantitative estimate of drug-likeness (QED) is 0.335. The molecule has 0 aromatic heterocycles. The molecule has 136 valence electrons. The summed E-state index contributed by atoms with van der Waals surface area (Å²) < 4.78 is 0. The van der Waals surface area contributed by atoms with Crippen molar-refractivity contribution in [3.8, 4) is 0 Å². The molecule has 0 radical (unpaired) electrons. The molecule has 4 N–H and O–H groups in total. The van der Waals surface area contributed by atoms with Crippen molar-refractivity contribution >= 4 is 35.6 Å². The summed E-state index contributed by atoms with van der Waals surface area (Å²) in [6.45, 7) is 4.47. The lowest BCUT2D eigenvalue weighted by atomic mass is 9.93. The van der Waals surface area contributed by atoms with Crippen molar-refractivity contribution < 1.29 is 5.11 Å². The summed E-state index contributed by atoms with van der Waals surface area (Å²) in [5.41, 5.74) is 9.40.